The zero-order valence-electron chi connectivity index (χ0n) is 13.6. The molecule has 0 saturated heterocycles. The summed E-state index contributed by atoms with van der Waals surface area (Å²) in [7, 11) is 0. The second-order valence-corrected chi connectivity index (χ2v) is 5.82. The van der Waals surface area contributed by atoms with E-state index in [0.29, 0.717) is 23.4 Å². The van der Waals surface area contributed by atoms with Crippen molar-refractivity contribution in [2.24, 2.45) is 0 Å². The summed E-state index contributed by atoms with van der Waals surface area (Å²) in [5.41, 5.74) is 3.94. The summed E-state index contributed by atoms with van der Waals surface area (Å²) in [5, 5.41) is 11.3. The van der Waals surface area contributed by atoms with Crippen LogP contribution >= 0.6 is 0 Å². The molecule has 0 unspecified atom stereocenters. The quantitative estimate of drug-likeness (QED) is 0.623. The first-order valence-corrected chi connectivity index (χ1v) is 7.87. The fraction of sp³-hybridized carbons (Fsp3) is 0.111. The molecule has 3 aromatic heterocycles. The molecule has 0 bridgehead atoms. The molecule has 4 aromatic rings. The van der Waals surface area contributed by atoms with Gasteiger partial charge in [0.15, 0.2) is 5.65 Å². The van der Waals surface area contributed by atoms with Gasteiger partial charge in [-0.2, -0.15) is 10.2 Å². The number of anilines is 1. The van der Waals surface area contributed by atoms with Gasteiger partial charge >= 0.3 is 0 Å². The van der Waals surface area contributed by atoms with E-state index in [1.807, 2.05) is 6.07 Å². The molecule has 7 nitrogen and oxygen atoms in total. The third kappa shape index (κ3) is 3.12. The number of aryl methyl sites for hydroxylation is 1. The van der Waals surface area contributed by atoms with Crippen LogP contribution in [0.5, 0.6) is 0 Å². The zero-order chi connectivity index (χ0) is 17.2. The first kappa shape index (κ1) is 15.1. The highest BCUT2D eigenvalue weighted by Gasteiger charge is 2.14. The topological polar surface area (TPSA) is 77.1 Å². The molecule has 124 valence electrons. The van der Waals surface area contributed by atoms with E-state index >= 15 is 0 Å². The number of carbonyl (C=O) groups is 1. The van der Waals surface area contributed by atoms with Gasteiger partial charge in [0.2, 0.25) is 0 Å². The predicted octanol–water partition coefficient (Wildman–Crippen LogP) is 2.53. The number of hydrogen-bond acceptors (Lipinski definition) is 4. The Labute approximate surface area is 143 Å². The van der Waals surface area contributed by atoms with Crippen molar-refractivity contribution in [3.63, 3.8) is 0 Å². The normalized spacial score (nSPS) is 10.9. The zero-order valence-corrected chi connectivity index (χ0v) is 13.6. The van der Waals surface area contributed by atoms with Crippen molar-refractivity contribution in [3.05, 3.63) is 78.0 Å². The maximum absolute atomic E-state index is 12.5. The Morgan fingerprint density at radius 3 is 3.00 bits per heavy atom. The van der Waals surface area contributed by atoms with Crippen LogP contribution in [-0.4, -0.2) is 30.3 Å². The van der Waals surface area contributed by atoms with Crippen LogP contribution in [0, 0.1) is 6.92 Å². The third-order valence-corrected chi connectivity index (χ3v) is 3.84. The smallest absolute Gasteiger partial charge is 0.261 e. The van der Waals surface area contributed by atoms with Gasteiger partial charge in [-0.05, 0) is 18.6 Å². The van der Waals surface area contributed by atoms with Gasteiger partial charge in [-0.1, -0.05) is 29.8 Å². The van der Waals surface area contributed by atoms with Crippen molar-refractivity contribution < 1.29 is 4.79 Å². The molecule has 0 atom stereocenters. The largest absolute Gasteiger partial charge is 0.319 e. The molecule has 0 aliphatic heterocycles. The van der Waals surface area contributed by atoms with E-state index in [1.54, 1.807) is 40.1 Å². The van der Waals surface area contributed by atoms with Crippen LogP contribution in [0.15, 0.2) is 61.3 Å². The number of hydrogen-bond donors (Lipinski definition) is 1. The number of rotatable bonds is 4. The maximum atomic E-state index is 12.5. The standard InChI is InChI=1S/C18H16N6O/c1-13-4-2-5-14(8-13)11-23-12-15(9-20-23)22-18(25)16-10-21-24-7-3-6-19-17(16)24/h2-10,12H,11H2,1H3,(H,22,25). The molecule has 0 saturated carbocycles. The Morgan fingerprint density at radius 1 is 1.20 bits per heavy atom. The highest BCUT2D eigenvalue weighted by molar-refractivity contribution is 6.07. The maximum Gasteiger partial charge on any atom is 0.261 e. The number of carbonyl (C=O) groups excluding carboxylic acids is 1. The minimum atomic E-state index is -0.260. The van der Waals surface area contributed by atoms with Crippen LogP contribution in [0.2, 0.25) is 0 Å². The molecule has 0 aliphatic rings. The minimum absolute atomic E-state index is 0.260. The summed E-state index contributed by atoms with van der Waals surface area (Å²) in [5.74, 6) is -0.260. The van der Waals surface area contributed by atoms with E-state index in [4.69, 9.17) is 0 Å². The number of benzene rings is 1. The molecule has 0 radical (unpaired) electrons. The lowest BCUT2D eigenvalue weighted by molar-refractivity contribution is 0.102. The Morgan fingerprint density at radius 2 is 2.12 bits per heavy atom. The van der Waals surface area contributed by atoms with E-state index in [9.17, 15) is 4.79 Å². The van der Waals surface area contributed by atoms with E-state index in [1.165, 1.54) is 11.8 Å². The molecule has 7 heteroatoms. The van der Waals surface area contributed by atoms with Gasteiger partial charge in [-0.25, -0.2) is 9.50 Å². The van der Waals surface area contributed by atoms with Crippen molar-refractivity contribution in [2.45, 2.75) is 13.5 Å². The van der Waals surface area contributed by atoms with Gasteiger partial charge in [0.05, 0.1) is 24.6 Å². The van der Waals surface area contributed by atoms with Crippen molar-refractivity contribution in [1.29, 1.82) is 0 Å². The molecule has 1 N–H and O–H groups in total. The molecule has 1 amide bonds. The SMILES string of the molecule is Cc1cccc(Cn2cc(NC(=O)c3cnn4cccnc34)cn2)c1. The van der Waals surface area contributed by atoms with Crippen molar-refractivity contribution in [2.75, 3.05) is 5.32 Å². The Kier molecular flexibility index (Phi) is 3.74. The fourth-order valence-corrected chi connectivity index (χ4v) is 2.70. The second kappa shape index (κ2) is 6.20. The summed E-state index contributed by atoms with van der Waals surface area (Å²) >= 11 is 0. The van der Waals surface area contributed by atoms with E-state index < -0.39 is 0 Å². The van der Waals surface area contributed by atoms with Gasteiger partial charge in [-0.15, -0.1) is 0 Å². The first-order chi connectivity index (χ1) is 12.2. The molecular formula is C18H16N6O. The Bertz CT molecular complexity index is 1050. The lowest BCUT2D eigenvalue weighted by atomic mass is 10.1. The Hall–Kier alpha value is -3.48. The molecule has 3 heterocycles. The summed E-state index contributed by atoms with van der Waals surface area (Å²) in [6.07, 6.45) is 8.33. The summed E-state index contributed by atoms with van der Waals surface area (Å²) in [4.78, 5) is 16.7. The van der Waals surface area contributed by atoms with E-state index in [0.717, 1.165) is 5.56 Å². The van der Waals surface area contributed by atoms with E-state index in [-0.39, 0.29) is 5.91 Å². The highest BCUT2D eigenvalue weighted by atomic mass is 16.1. The van der Waals surface area contributed by atoms with Gasteiger partial charge in [-0.3, -0.25) is 9.48 Å². The van der Waals surface area contributed by atoms with Crippen LogP contribution in [0.3, 0.4) is 0 Å². The lowest BCUT2D eigenvalue weighted by Crippen LogP contribution is -2.11. The van der Waals surface area contributed by atoms with Crippen molar-refractivity contribution in [3.8, 4) is 0 Å². The average molecular weight is 332 g/mol. The summed E-state index contributed by atoms with van der Waals surface area (Å²) in [6, 6.07) is 10.0. The summed E-state index contributed by atoms with van der Waals surface area (Å²) in [6.45, 7) is 2.71. The van der Waals surface area contributed by atoms with Gasteiger partial charge in [0, 0.05) is 18.6 Å². The molecule has 0 aliphatic carbocycles. The molecule has 1 aromatic carbocycles. The van der Waals surface area contributed by atoms with Crippen molar-refractivity contribution >= 4 is 17.2 Å². The molecule has 25 heavy (non-hydrogen) atoms. The molecule has 4 rings (SSSR count). The number of nitrogens with one attached hydrogen (secondary N) is 1. The molecule has 0 fully saturated rings. The third-order valence-electron chi connectivity index (χ3n) is 3.84. The van der Waals surface area contributed by atoms with Crippen molar-refractivity contribution in [1.82, 2.24) is 24.4 Å². The van der Waals surface area contributed by atoms with Crippen LogP contribution in [-0.2, 0) is 6.54 Å². The number of nitrogens with zero attached hydrogens (tertiary/aromatic N) is 5. The van der Waals surface area contributed by atoms with Crippen LogP contribution < -0.4 is 5.32 Å². The highest BCUT2D eigenvalue weighted by Crippen LogP contribution is 2.13. The van der Waals surface area contributed by atoms with Gasteiger partial charge in [0.1, 0.15) is 5.56 Å². The minimum Gasteiger partial charge on any atom is -0.319 e. The predicted molar refractivity (Wildman–Crippen MR) is 93.4 cm³/mol. The average Bonchev–Trinajstić information content (AvgIpc) is 3.21. The summed E-state index contributed by atoms with van der Waals surface area (Å²) < 4.78 is 3.36. The van der Waals surface area contributed by atoms with Gasteiger partial charge in [0.25, 0.3) is 5.91 Å². The lowest BCUT2D eigenvalue weighted by Gasteiger charge is -2.03. The number of aromatic nitrogens is 5. The number of fused-ring (bicyclic) bond motifs is 1. The first-order valence-electron chi connectivity index (χ1n) is 7.87. The molecule has 0 spiro atoms. The molecular weight excluding hydrogens is 316 g/mol. The monoisotopic (exact) mass is 332 g/mol. The van der Waals surface area contributed by atoms with Crippen LogP contribution in [0.4, 0.5) is 5.69 Å². The van der Waals surface area contributed by atoms with Crippen LogP contribution in [0.1, 0.15) is 21.5 Å². The van der Waals surface area contributed by atoms with Crippen LogP contribution in [0.25, 0.3) is 5.65 Å². The fourth-order valence-electron chi connectivity index (χ4n) is 2.70. The van der Waals surface area contributed by atoms with E-state index in [2.05, 4.69) is 45.6 Å². The van der Waals surface area contributed by atoms with Gasteiger partial charge < -0.3 is 5.32 Å². The second-order valence-electron chi connectivity index (χ2n) is 5.82. The number of amides is 1. The Balaban J connectivity index is 1.50.